The van der Waals surface area contributed by atoms with Crippen LogP contribution in [0.4, 0.5) is 11.4 Å². The molecule has 1 N–H and O–H groups in total. The van der Waals surface area contributed by atoms with E-state index in [4.69, 9.17) is 16.0 Å². The number of rotatable bonds is 8. The number of thioether (sulfide) groups is 1. The van der Waals surface area contributed by atoms with Crippen LogP contribution in [0.2, 0.25) is 5.02 Å². The second kappa shape index (κ2) is 9.93. The van der Waals surface area contributed by atoms with Crippen molar-refractivity contribution in [3.05, 3.63) is 77.5 Å². The van der Waals surface area contributed by atoms with Gasteiger partial charge in [-0.1, -0.05) is 53.7 Å². The van der Waals surface area contributed by atoms with Crippen LogP contribution in [0, 0.1) is 0 Å². The van der Waals surface area contributed by atoms with E-state index in [0.29, 0.717) is 34.0 Å². The van der Waals surface area contributed by atoms with E-state index in [2.05, 4.69) is 15.5 Å². The van der Waals surface area contributed by atoms with Gasteiger partial charge in [-0.2, -0.15) is 0 Å². The molecule has 4 aromatic rings. The number of carbonyl (C=O) groups excluding carboxylic acids is 1. The molecule has 164 valence electrons. The fourth-order valence-corrected chi connectivity index (χ4v) is 4.25. The van der Waals surface area contributed by atoms with Crippen LogP contribution in [-0.4, -0.2) is 40.5 Å². The highest BCUT2D eigenvalue weighted by atomic mass is 35.5. The number of furan rings is 1. The van der Waals surface area contributed by atoms with Crippen molar-refractivity contribution in [2.24, 2.45) is 0 Å². The van der Waals surface area contributed by atoms with Crippen molar-refractivity contribution >= 4 is 40.6 Å². The van der Waals surface area contributed by atoms with Crippen molar-refractivity contribution in [3.8, 4) is 11.6 Å². The third kappa shape index (κ3) is 5.15. The quantitative estimate of drug-likeness (QED) is 0.366. The number of nitrogens with zero attached hydrogens (tertiary/aromatic N) is 4. The van der Waals surface area contributed by atoms with Gasteiger partial charge in [-0.3, -0.25) is 9.36 Å². The zero-order valence-electron chi connectivity index (χ0n) is 17.7. The van der Waals surface area contributed by atoms with Crippen LogP contribution in [0.1, 0.15) is 5.56 Å². The fraction of sp³-hybridized carbons (Fsp3) is 0.174. The molecule has 2 aromatic heterocycles. The van der Waals surface area contributed by atoms with E-state index in [9.17, 15) is 4.79 Å². The van der Waals surface area contributed by atoms with Gasteiger partial charge in [0.1, 0.15) is 0 Å². The highest BCUT2D eigenvalue weighted by Crippen LogP contribution is 2.28. The number of aromatic nitrogens is 3. The van der Waals surface area contributed by atoms with Crippen molar-refractivity contribution in [3.63, 3.8) is 0 Å². The molecule has 32 heavy (non-hydrogen) atoms. The van der Waals surface area contributed by atoms with Gasteiger partial charge >= 0.3 is 0 Å². The Balaban J connectivity index is 1.48. The van der Waals surface area contributed by atoms with Crippen LogP contribution in [-0.2, 0) is 11.3 Å². The second-order valence-electron chi connectivity index (χ2n) is 7.25. The number of amides is 1. The van der Waals surface area contributed by atoms with E-state index < -0.39 is 0 Å². The summed E-state index contributed by atoms with van der Waals surface area (Å²) < 4.78 is 7.48. The molecule has 0 saturated heterocycles. The van der Waals surface area contributed by atoms with Gasteiger partial charge in [0.2, 0.25) is 11.7 Å². The lowest BCUT2D eigenvalue weighted by Crippen LogP contribution is -2.15. The van der Waals surface area contributed by atoms with Crippen LogP contribution in [0.25, 0.3) is 11.6 Å². The number of nitrogens with one attached hydrogen (secondary N) is 1. The topological polar surface area (TPSA) is 76.2 Å². The van der Waals surface area contributed by atoms with E-state index in [1.165, 1.54) is 11.8 Å². The Bertz CT molecular complexity index is 1190. The van der Waals surface area contributed by atoms with Crippen LogP contribution < -0.4 is 10.2 Å². The van der Waals surface area contributed by atoms with Gasteiger partial charge in [0.15, 0.2) is 10.9 Å². The molecular weight excluding hydrogens is 446 g/mol. The first-order valence-corrected chi connectivity index (χ1v) is 11.3. The largest absolute Gasteiger partial charge is 0.461 e. The molecule has 0 saturated carbocycles. The molecule has 0 aliphatic rings. The monoisotopic (exact) mass is 467 g/mol. The summed E-state index contributed by atoms with van der Waals surface area (Å²) in [4.78, 5) is 14.5. The molecule has 0 atom stereocenters. The number of hydrogen-bond acceptors (Lipinski definition) is 6. The summed E-state index contributed by atoms with van der Waals surface area (Å²) in [7, 11) is 3.83. The summed E-state index contributed by atoms with van der Waals surface area (Å²) in [5.41, 5.74) is 2.63. The van der Waals surface area contributed by atoms with Crippen molar-refractivity contribution in [1.29, 1.82) is 0 Å². The average Bonchev–Trinajstić information content (AvgIpc) is 3.43. The van der Waals surface area contributed by atoms with Crippen LogP contribution >= 0.6 is 23.4 Å². The smallest absolute Gasteiger partial charge is 0.234 e. The molecule has 0 unspecified atom stereocenters. The van der Waals surface area contributed by atoms with Crippen LogP contribution in [0.5, 0.6) is 0 Å². The first-order chi connectivity index (χ1) is 15.5. The van der Waals surface area contributed by atoms with Crippen molar-refractivity contribution < 1.29 is 9.21 Å². The molecule has 0 bridgehead atoms. The van der Waals surface area contributed by atoms with E-state index in [-0.39, 0.29) is 11.7 Å². The van der Waals surface area contributed by atoms with Gasteiger partial charge in [0, 0.05) is 19.8 Å². The Morgan fingerprint density at radius 3 is 2.62 bits per heavy atom. The Morgan fingerprint density at radius 2 is 1.94 bits per heavy atom. The zero-order valence-corrected chi connectivity index (χ0v) is 19.2. The number of anilines is 2. The third-order valence-corrected chi connectivity index (χ3v) is 5.96. The maximum Gasteiger partial charge on any atom is 0.234 e. The SMILES string of the molecule is CN(C)c1ccc(NC(=O)CSc2nnc(-c3ccco3)n2Cc2ccccc2)cc1Cl. The van der Waals surface area contributed by atoms with Gasteiger partial charge in [0.25, 0.3) is 0 Å². The molecule has 7 nitrogen and oxygen atoms in total. The Hall–Kier alpha value is -3.23. The van der Waals surface area contributed by atoms with Gasteiger partial charge in [0.05, 0.1) is 29.3 Å². The minimum Gasteiger partial charge on any atom is -0.461 e. The summed E-state index contributed by atoms with van der Waals surface area (Å²) in [6, 6.07) is 19.1. The molecule has 9 heteroatoms. The standard InChI is InChI=1S/C23H22ClN5O2S/c1-28(2)19-11-10-17(13-18(19)24)25-21(30)15-32-23-27-26-22(20-9-6-12-31-20)29(23)14-16-7-4-3-5-8-16/h3-13H,14-15H2,1-2H3,(H,25,30). The number of halogens is 1. The summed E-state index contributed by atoms with van der Waals surface area (Å²) in [6.45, 7) is 0.565. The molecule has 0 aliphatic carbocycles. The van der Waals surface area contributed by atoms with Crippen LogP contribution in [0.3, 0.4) is 0 Å². The van der Waals surface area contributed by atoms with E-state index in [0.717, 1.165) is 11.3 Å². The Labute approximate surface area is 195 Å². The van der Waals surface area contributed by atoms with Gasteiger partial charge in [-0.25, -0.2) is 0 Å². The minimum absolute atomic E-state index is 0.155. The second-order valence-corrected chi connectivity index (χ2v) is 8.60. The fourth-order valence-electron chi connectivity index (χ4n) is 3.17. The predicted molar refractivity (Wildman–Crippen MR) is 128 cm³/mol. The highest BCUT2D eigenvalue weighted by molar-refractivity contribution is 7.99. The predicted octanol–water partition coefficient (Wildman–Crippen LogP) is 5.04. The number of hydrogen-bond donors (Lipinski definition) is 1. The van der Waals surface area contributed by atoms with Crippen molar-refractivity contribution in [1.82, 2.24) is 14.8 Å². The Morgan fingerprint density at radius 1 is 1.12 bits per heavy atom. The molecule has 0 aliphatic heterocycles. The lowest BCUT2D eigenvalue weighted by Gasteiger charge is -2.15. The number of carbonyl (C=O) groups is 1. The molecule has 2 aromatic carbocycles. The van der Waals surface area contributed by atoms with E-state index in [1.54, 1.807) is 12.3 Å². The third-order valence-electron chi connectivity index (χ3n) is 4.69. The first kappa shape index (κ1) is 22.0. The first-order valence-electron chi connectivity index (χ1n) is 9.92. The average molecular weight is 468 g/mol. The Kier molecular flexibility index (Phi) is 6.82. The zero-order chi connectivity index (χ0) is 22.5. The molecular formula is C23H22ClN5O2S. The maximum atomic E-state index is 12.6. The summed E-state index contributed by atoms with van der Waals surface area (Å²) in [5.74, 6) is 1.27. The molecule has 2 heterocycles. The maximum absolute atomic E-state index is 12.6. The summed E-state index contributed by atoms with van der Waals surface area (Å²) >= 11 is 7.62. The molecule has 0 spiro atoms. The lowest BCUT2D eigenvalue weighted by molar-refractivity contribution is -0.113. The summed E-state index contributed by atoms with van der Waals surface area (Å²) in [5, 5.41) is 12.7. The van der Waals surface area contributed by atoms with Gasteiger partial charge < -0.3 is 14.6 Å². The highest BCUT2D eigenvalue weighted by Gasteiger charge is 2.18. The normalized spacial score (nSPS) is 10.8. The molecule has 1 amide bonds. The van der Waals surface area contributed by atoms with Crippen molar-refractivity contribution in [2.75, 3.05) is 30.1 Å². The molecule has 0 radical (unpaired) electrons. The lowest BCUT2D eigenvalue weighted by atomic mass is 10.2. The van der Waals surface area contributed by atoms with E-state index >= 15 is 0 Å². The number of benzene rings is 2. The van der Waals surface area contributed by atoms with E-state index in [1.807, 2.05) is 78.2 Å². The van der Waals surface area contributed by atoms with Gasteiger partial charge in [-0.05, 0) is 35.9 Å². The van der Waals surface area contributed by atoms with Gasteiger partial charge in [-0.15, -0.1) is 10.2 Å². The molecule has 0 fully saturated rings. The van der Waals surface area contributed by atoms with Crippen LogP contribution in [0.15, 0.2) is 76.5 Å². The molecule has 4 rings (SSSR count). The minimum atomic E-state index is -0.155. The van der Waals surface area contributed by atoms with Crippen molar-refractivity contribution in [2.45, 2.75) is 11.7 Å². The summed E-state index contributed by atoms with van der Waals surface area (Å²) in [6.07, 6.45) is 1.60.